The molecule has 1 unspecified atom stereocenters. The standard InChI is InChI=1S/C13H20N2OS/c1-10-8-17-9-12(10)13(16)15-6-4-11-3-2-5-14-7-11/h8-9,11,14H,2-7H2,1H3,(H,15,16). The zero-order valence-corrected chi connectivity index (χ0v) is 11.1. The lowest BCUT2D eigenvalue weighted by Gasteiger charge is -2.22. The first-order valence-corrected chi connectivity index (χ1v) is 7.23. The summed E-state index contributed by atoms with van der Waals surface area (Å²) in [4.78, 5) is 11.8. The van der Waals surface area contributed by atoms with Crippen molar-refractivity contribution in [2.24, 2.45) is 5.92 Å². The van der Waals surface area contributed by atoms with Gasteiger partial charge in [0.2, 0.25) is 0 Å². The SMILES string of the molecule is Cc1cscc1C(=O)NCCC1CCCNC1. The molecule has 1 aromatic heterocycles. The first-order valence-electron chi connectivity index (χ1n) is 6.29. The number of carbonyl (C=O) groups excluding carboxylic acids is 1. The van der Waals surface area contributed by atoms with Gasteiger partial charge in [-0.1, -0.05) is 0 Å². The second-order valence-electron chi connectivity index (χ2n) is 4.73. The third kappa shape index (κ3) is 3.54. The molecule has 1 aliphatic rings. The fraction of sp³-hybridized carbons (Fsp3) is 0.615. The molecular formula is C13H20N2OS. The zero-order valence-electron chi connectivity index (χ0n) is 10.3. The van der Waals surface area contributed by atoms with Gasteiger partial charge in [0, 0.05) is 11.9 Å². The quantitative estimate of drug-likeness (QED) is 0.862. The maximum absolute atomic E-state index is 11.8. The van der Waals surface area contributed by atoms with Gasteiger partial charge in [0.05, 0.1) is 5.56 Å². The van der Waals surface area contributed by atoms with Crippen molar-refractivity contribution in [3.05, 3.63) is 21.9 Å². The maximum Gasteiger partial charge on any atom is 0.252 e. The number of rotatable bonds is 4. The van der Waals surface area contributed by atoms with Crippen molar-refractivity contribution < 1.29 is 4.79 Å². The van der Waals surface area contributed by atoms with Crippen molar-refractivity contribution in [1.29, 1.82) is 0 Å². The van der Waals surface area contributed by atoms with E-state index >= 15 is 0 Å². The Morgan fingerprint density at radius 2 is 2.47 bits per heavy atom. The van der Waals surface area contributed by atoms with Crippen LogP contribution in [0.3, 0.4) is 0 Å². The Labute approximate surface area is 107 Å². The first kappa shape index (κ1) is 12.6. The lowest BCUT2D eigenvalue weighted by molar-refractivity contribution is 0.0950. The Balaban J connectivity index is 1.71. The van der Waals surface area contributed by atoms with Crippen molar-refractivity contribution >= 4 is 17.2 Å². The second kappa shape index (κ2) is 6.17. The molecule has 1 atom stereocenters. The van der Waals surface area contributed by atoms with Gasteiger partial charge >= 0.3 is 0 Å². The molecule has 0 radical (unpaired) electrons. The molecule has 0 aromatic carbocycles. The fourth-order valence-electron chi connectivity index (χ4n) is 2.25. The van der Waals surface area contributed by atoms with Gasteiger partial charge in [-0.25, -0.2) is 0 Å². The zero-order chi connectivity index (χ0) is 12.1. The van der Waals surface area contributed by atoms with Crippen LogP contribution in [0.5, 0.6) is 0 Å². The number of piperidine rings is 1. The molecule has 1 amide bonds. The fourth-order valence-corrected chi connectivity index (χ4v) is 3.08. The van der Waals surface area contributed by atoms with E-state index in [9.17, 15) is 4.79 Å². The Morgan fingerprint density at radius 3 is 3.12 bits per heavy atom. The molecule has 0 bridgehead atoms. The van der Waals surface area contributed by atoms with E-state index in [1.165, 1.54) is 12.8 Å². The van der Waals surface area contributed by atoms with Crippen LogP contribution in [0.4, 0.5) is 0 Å². The molecule has 0 saturated carbocycles. The number of hydrogen-bond donors (Lipinski definition) is 2. The highest BCUT2D eigenvalue weighted by molar-refractivity contribution is 7.08. The van der Waals surface area contributed by atoms with Crippen LogP contribution in [0, 0.1) is 12.8 Å². The van der Waals surface area contributed by atoms with Crippen LogP contribution >= 0.6 is 11.3 Å². The number of amides is 1. The lowest BCUT2D eigenvalue weighted by Crippen LogP contribution is -2.33. The summed E-state index contributed by atoms with van der Waals surface area (Å²) >= 11 is 1.59. The average molecular weight is 252 g/mol. The van der Waals surface area contributed by atoms with Crippen LogP contribution < -0.4 is 10.6 Å². The first-order chi connectivity index (χ1) is 8.27. The predicted octanol–water partition coefficient (Wildman–Crippen LogP) is 2.18. The number of hydrogen-bond acceptors (Lipinski definition) is 3. The summed E-state index contributed by atoms with van der Waals surface area (Å²) in [5, 5.41) is 10.3. The molecule has 0 spiro atoms. The molecule has 2 heterocycles. The second-order valence-corrected chi connectivity index (χ2v) is 5.47. The van der Waals surface area contributed by atoms with Crippen LogP contribution in [-0.4, -0.2) is 25.5 Å². The van der Waals surface area contributed by atoms with Crippen molar-refractivity contribution in [3.63, 3.8) is 0 Å². The van der Waals surface area contributed by atoms with E-state index in [0.717, 1.165) is 43.1 Å². The Kier molecular flexibility index (Phi) is 4.57. The van der Waals surface area contributed by atoms with Crippen molar-refractivity contribution in [1.82, 2.24) is 10.6 Å². The number of carbonyl (C=O) groups is 1. The van der Waals surface area contributed by atoms with E-state index in [1.807, 2.05) is 17.7 Å². The lowest BCUT2D eigenvalue weighted by atomic mass is 9.96. The van der Waals surface area contributed by atoms with Crippen LogP contribution in [-0.2, 0) is 0 Å². The van der Waals surface area contributed by atoms with E-state index in [2.05, 4.69) is 10.6 Å². The van der Waals surface area contributed by atoms with Gasteiger partial charge in [-0.05, 0) is 56.1 Å². The summed E-state index contributed by atoms with van der Waals surface area (Å²) in [6.45, 7) is 5.03. The highest BCUT2D eigenvalue weighted by atomic mass is 32.1. The Morgan fingerprint density at radius 1 is 1.59 bits per heavy atom. The van der Waals surface area contributed by atoms with Gasteiger partial charge in [0.1, 0.15) is 0 Å². The molecule has 0 aliphatic carbocycles. The minimum absolute atomic E-state index is 0.0764. The minimum atomic E-state index is 0.0764. The smallest absolute Gasteiger partial charge is 0.252 e. The van der Waals surface area contributed by atoms with Crippen LogP contribution in [0.15, 0.2) is 10.8 Å². The molecule has 17 heavy (non-hydrogen) atoms. The van der Waals surface area contributed by atoms with E-state index in [-0.39, 0.29) is 5.91 Å². The third-order valence-electron chi connectivity index (χ3n) is 3.34. The van der Waals surface area contributed by atoms with Crippen molar-refractivity contribution in [2.75, 3.05) is 19.6 Å². The van der Waals surface area contributed by atoms with Gasteiger partial charge in [0.15, 0.2) is 0 Å². The van der Waals surface area contributed by atoms with Crippen LogP contribution in [0.2, 0.25) is 0 Å². The number of nitrogens with one attached hydrogen (secondary N) is 2. The van der Waals surface area contributed by atoms with E-state index in [1.54, 1.807) is 11.3 Å². The maximum atomic E-state index is 11.8. The predicted molar refractivity (Wildman–Crippen MR) is 71.6 cm³/mol. The van der Waals surface area contributed by atoms with Gasteiger partial charge in [-0.15, -0.1) is 0 Å². The minimum Gasteiger partial charge on any atom is -0.352 e. The van der Waals surface area contributed by atoms with E-state index in [0.29, 0.717) is 0 Å². The summed E-state index contributed by atoms with van der Waals surface area (Å²) in [6, 6.07) is 0. The summed E-state index contributed by atoms with van der Waals surface area (Å²) in [7, 11) is 0. The molecule has 1 aromatic rings. The molecule has 1 saturated heterocycles. The normalized spacial score (nSPS) is 20.2. The van der Waals surface area contributed by atoms with Gasteiger partial charge in [0.25, 0.3) is 5.91 Å². The summed E-state index contributed by atoms with van der Waals surface area (Å²) in [5.41, 5.74) is 1.91. The number of aryl methyl sites for hydroxylation is 1. The molecule has 2 N–H and O–H groups in total. The largest absolute Gasteiger partial charge is 0.352 e. The highest BCUT2D eigenvalue weighted by Gasteiger charge is 2.14. The van der Waals surface area contributed by atoms with Crippen molar-refractivity contribution in [3.8, 4) is 0 Å². The van der Waals surface area contributed by atoms with Crippen LogP contribution in [0.25, 0.3) is 0 Å². The van der Waals surface area contributed by atoms with E-state index in [4.69, 9.17) is 0 Å². The monoisotopic (exact) mass is 252 g/mol. The average Bonchev–Trinajstić information content (AvgIpc) is 2.77. The summed E-state index contributed by atoms with van der Waals surface area (Å²) < 4.78 is 0. The molecule has 1 aliphatic heterocycles. The Bertz CT molecular complexity index is 369. The molecule has 3 nitrogen and oxygen atoms in total. The summed E-state index contributed by atoms with van der Waals surface area (Å²) in [5.74, 6) is 0.806. The van der Waals surface area contributed by atoms with Gasteiger partial charge in [-0.3, -0.25) is 4.79 Å². The van der Waals surface area contributed by atoms with E-state index < -0.39 is 0 Å². The summed E-state index contributed by atoms with van der Waals surface area (Å²) in [6.07, 6.45) is 3.64. The molecule has 2 rings (SSSR count). The number of thiophene rings is 1. The molecular weight excluding hydrogens is 232 g/mol. The Hall–Kier alpha value is -0.870. The third-order valence-corrected chi connectivity index (χ3v) is 4.20. The topological polar surface area (TPSA) is 41.1 Å². The highest BCUT2D eigenvalue weighted by Crippen LogP contribution is 2.15. The van der Waals surface area contributed by atoms with Crippen LogP contribution in [0.1, 0.15) is 35.2 Å². The molecule has 1 fully saturated rings. The van der Waals surface area contributed by atoms with Crippen molar-refractivity contribution in [2.45, 2.75) is 26.2 Å². The van der Waals surface area contributed by atoms with Gasteiger partial charge < -0.3 is 10.6 Å². The molecule has 94 valence electrons. The molecule has 4 heteroatoms. The van der Waals surface area contributed by atoms with Gasteiger partial charge in [-0.2, -0.15) is 11.3 Å².